The molecular weight excluding hydrogens is 296 g/mol. The predicted molar refractivity (Wildman–Crippen MR) is 86.3 cm³/mol. The van der Waals surface area contributed by atoms with E-state index in [1.165, 1.54) is 4.90 Å². The number of carboxylic acid groups (broad SMARTS) is 1. The van der Waals surface area contributed by atoms with Crippen LogP contribution in [-0.4, -0.2) is 35.5 Å². The summed E-state index contributed by atoms with van der Waals surface area (Å²) in [5.41, 5.74) is 1.34. The number of nitrogens with one attached hydrogen (secondary N) is 1. The van der Waals surface area contributed by atoms with Gasteiger partial charge in [-0.05, 0) is 31.9 Å². The molecule has 6 heteroatoms. The molecule has 0 fully saturated rings. The lowest BCUT2D eigenvalue weighted by Gasteiger charge is -2.17. The standard InChI is InChI=1S/C17H22N2O4/c1-11(2)18-15(20)8-5-9-16(21)19-10-13(17(22)23)12-6-3-4-7-14(12)19/h3-4,6-7,11,13H,5,8-10H2,1-2H3,(H,18,20)(H,22,23). The van der Waals surface area contributed by atoms with Crippen molar-refractivity contribution in [3.05, 3.63) is 29.8 Å². The van der Waals surface area contributed by atoms with Crippen LogP contribution in [0.4, 0.5) is 5.69 Å². The molecule has 2 N–H and O–H groups in total. The summed E-state index contributed by atoms with van der Waals surface area (Å²) in [5, 5.41) is 12.1. The van der Waals surface area contributed by atoms with Gasteiger partial charge in [-0.2, -0.15) is 0 Å². The molecule has 0 saturated heterocycles. The first-order valence-corrected chi connectivity index (χ1v) is 7.81. The van der Waals surface area contributed by atoms with Gasteiger partial charge in [-0.25, -0.2) is 0 Å². The van der Waals surface area contributed by atoms with Gasteiger partial charge in [0.25, 0.3) is 0 Å². The Morgan fingerprint density at radius 2 is 1.96 bits per heavy atom. The molecule has 6 nitrogen and oxygen atoms in total. The van der Waals surface area contributed by atoms with Crippen LogP contribution in [0.3, 0.4) is 0 Å². The summed E-state index contributed by atoms with van der Waals surface area (Å²) in [7, 11) is 0. The topological polar surface area (TPSA) is 86.7 Å². The molecule has 2 amide bonds. The molecule has 0 spiro atoms. The van der Waals surface area contributed by atoms with Crippen LogP contribution in [0.2, 0.25) is 0 Å². The molecule has 0 bridgehead atoms. The predicted octanol–water partition coefficient (Wildman–Crippen LogP) is 1.90. The Bertz CT molecular complexity index is 612. The number of hydrogen-bond donors (Lipinski definition) is 2. The van der Waals surface area contributed by atoms with Gasteiger partial charge in [0.05, 0.1) is 0 Å². The lowest BCUT2D eigenvalue weighted by Crippen LogP contribution is -2.32. The smallest absolute Gasteiger partial charge is 0.312 e. The summed E-state index contributed by atoms with van der Waals surface area (Å²) < 4.78 is 0. The van der Waals surface area contributed by atoms with Crippen molar-refractivity contribution >= 4 is 23.5 Å². The van der Waals surface area contributed by atoms with Gasteiger partial charge in [0, 0.05) is 31.1 Å². The molecule has 1 heterocycles. The minimum Gasteiger partial charge on any atom is -0.481 e. The maximum Gasteiger partial charge on any atom is 0.312 e. The highest BCUT2D eigenvalue weighted by atomic mass is 16.4. The fourth-order valence-corrected chi connectivity index (χ4v) is 2.78. The van der Waals surface area contributed by atoms with Crippen LogP contribution >= 0.6 is 0 Å². The number of rotatable bonds is 6. The number of nitrogens with zero attached hydrogens (tertiary/aromatic N) is 1. The van der Waals surface area contributed by atoms with Gasteiger partial charge >= 0.3 is 5.97 Å². The van der Waals surface area contributed by atoms with Gasteiger partial charge in [0.15, 0.2) is 0 Å². The van der Waals surface area contributed by atoms with E-state index in [2.05, 4.69) is 5.32 Å². The number of aliphatic carboxylic acids is 1. The van der Waals surface area contributed by atoms with Crippen LogP contribution in [-0.2, 0) is 14.4 Å². The zero-order chi connectivity index (χ0) is 17.0. The summed E-state index contributed by atoms with van der Waals surface area (Å²) in [4.78, 5) is 36.8. The van der Waals surface area contributed by atoms with Crippen LogP contribution in [0.25, 0.3) is 0 Å². The van der Waals surface area contributed by atoms with E-state index in [-0.39, 0.29) is 30.8 Å². The highest BCUT2D eigenvalue weighted by Crippen LogP contribution is 2.36. The van der Waals surface area contributed by atoms with Gasteiger partial charge in [-0.1, -0.05) is 18.2 Å². The van der Waals surface area contributed by atoms with Crippen LogP contribution in [0.1, 0.15) is 44.6 Å². The highest BCUT2D eigenvalue weighted by molar-refractivity contribution is 5.99. The van der Waals surface area contributed by atoms with Crippen molar-refractivity contribution in [2.24, 2.45) is 0 Å². The number of carbonyl (C=O) groups is 3. The Kier molecular flexibility index (Phi) is 5.36. The summed E-state index contributed by atoms with van der Waals surface area (Å²) in [6, 6.07) is 7.16. The number of fused-ring (bicyclic) bond motifs is 1. The third kappa shape index (κ3) is 4.09. The SMILES string of the molecule is CC(C)NC(=O)CCCC(=O)N1CC(C(=O)O)c2ccccc21. The van der Waals surface area contributed by atoms with E-state index in [0.29, 0.717) is 24.1 Å². The van der Waals surface area contributed by atoms with Gasteiger partial charge in [0.1, 0.15) is 5.92 Å². The summed E-state index contributed by atoms with van der Waals surface area (Å²) >= 11 is 0. The zero-order valence-corrected chi connectivity index (χ0v) is 13.4. The average molecular weight is 318 g/mol. The summed E-state index contributed by atoms with van der Waals surface area (Å²) in [5.74, 6) is -1.82. The molecule has 0 aliphatic carbocycles. The summed E-state index contributed by atoms with van der Waals surface area (Å²) in [6.07, 6.45) is 0.974. The Morgan fingerprint density at radius 3 is 2.61 bits per heavy atom. The molecule has 1 atom stereocenters. The fraction of sp³-hybridized carbons (Fsp3) is 0.471. The van der Waals surface area contributed by atoms with Crippen LogP contribution < -0.4 is 10.2 Å². The van der Waals surface area contributed by atoms with Crippen molar-refractivity contribution in [1.82, 2.24) is 5.32 Å². The molecule has 1 aromatic rings. The van der Waals surface area contributed by atoms with Crippen molar-refractivity contribution < 1.29 is 19.5 Å². The van der Waals surface area contributed by atoms with Crippen molar-refractivity contribution in [3.8, 4) is 0 Å². The lowest BCUT2D eigenvalue weighted by molar-refractivity contribution is -0.138. The largest absolute Gasteiger partial charge is 0.481 e. The van der Waals surface area contributed by atoms with E-state index in [0.717, 1.165) is 0 Å². The molecule has 23 heavy (non-hydrogen) atoms. The van der Waals surface area contributed by atoms with Crippen LogP contribution in [0.5, 0.6) is 0 Å². The van der Waals surface area contributed by atoms with Gasteiger partial charge in [0.2, 0.25) is 11.8 Å². The number of carbonyl (C=O) groups excluding carboxylic acids is 2. The van der Waals surface area contributed by atoms with Crippen molar-refractivity contribution in [2.75, 3.05) is 11.4 Å². The number of anilines is 1. The first kappa shape index (κ1) is 17.0. The maximum absolute atomic E-state index is 12.4. The second-order valence-electron chi connectivity index (χ2n) is 6.03. The molecule has 0 aromatic heterocycles. The van der Waals surface area contributed by atoms with E-state index in [1.807, 2.05) is 13.8 Å². The number of amides is 2. The molecule has 124 valence electrons. The first-order chi connectivity index (χ1) is 10.9. The second kappa shape index (κ2) is 7.26. The molecule has 1 aliphatic heterocycles. The van der Waals surface area contributed by atoms with E-state index >= 15 is 0 Å². The average Bonchev–Trinajstić information content (AvgIpc) is 2.86. The molecule has 0 radical (unpaired) electrons. The number of para-hydroxylation sites is 1. The number of carboxylic acids is 1. The normalized spacial score (nSPS) is 16.3. The van der Waals surface area contributed by atoms with E-state index in [4.69, 9.17) is 0 Å². The minimum atomic E-state index is -0.927. The Labute approximate surface area is 135 Å². The molecule has 1 aromatic carbocycles. The molecule has 2 rings (SSSR count). The molecule has 1 unspecified atom stereocenters. The molecule has 0 saturated carbocycles. The summed E-state index contributed by atoms with van der Waals surface area (Å²) in [6.45, 7) is 3.93. The lowest BCUT2D eigenvalue weighted by atomic mass is 10.0. The van der Waals surface area contributed by atoms with E-state index in [9.17, 15) is 19.5 Å². The monoisotopic (exact) mass is 318 g/mol. The third-order valence-electron chi connectivity index (χ3n) is 3.81. The molecular formula is C17H22N2O4. The van der Waals surface area contributed by atoms with Crippen LogP contribution in [0, 0.1) is 0 Å². The molecule has 1 aliphatic rings. The Hall–Kier alpha value is -2.37. The van der Waals surface area contributed by atoms with Crippen molar-refractivity contribution in [2.45, 2.75) is 45.1 Å². The van der Waals surface area contributed by atoms with Gasteiger partial charge in [-0.15, -0.1) is 0 Å². The minimum absolute atomic E-state index is 0.0713. The van der Waals surface area contributed by atoms with E-state index in [1.54, 1.807) is 24.3 Å². The van der Waals surface area contributed by atoms with Crippen molar-refractivity contribution in [1.29, 1.82) is 0 Å². The van der Waals surface area contributed by atoms with Gasteiger partial charge in [-0.3, -0.25) is 14.4 Å². The third-order valence-corrected chi connectivity index (χ3v) is 3.81. The Balaban J connectivity index is 1.96. The number of hydrogen-bond acceptors (Lipinski definition) is 3. The second-order valence-corrected chi connectivity index (χ2v) is 6.03. The Morgan fingerprint density at radius 1 is 1.26 bits per heavy atom. The number of benzene rings is 1. The maximum atomic E-state index is 12.4. The van der Waals surface area contributed by atoms with E-state index < -0.39 is 11.9 Å². The van der Waals surface area contributed by atoms with Crippen molar-refractivity contribution in [3.63, 3.8) is 0 Å². The highest BCUT2D eigenvalue weighted by Gasteiger charge is 2.35. The fourth-order valence-electron chi connectivity index (χ4n) is 2.78. The van der Waals surface area contributed by atoms with Crippen LogP contribution in [0.15, 0.2) is 24.3 Å². The van der Waals surface area contributed by atoms with Gasteiger partial charge < -0.3 is 15.3 Å². The zero-order valence-electron chi connectivity index (χ0n) is 13.4. The quantitative estimate of drug-likeness (QED) is 0.838. The first-order valence-electron chi connectivity index (χ1n) is 7.81.